The molecule has 0 radical (unpaired) electrons. The molecule has 1 aromatic rings. The van der Waals surface area contributed by atoms with Gasteiger partial charge in [0, 0.05) is 5.69 Å². The molecular formula is C13H12ClFN2O3. The van der Waals surface area contributed by atoms with E-state index in [-0.39, 0.29) is 11.1 Å². The second kappa shape index (κ2) is 5.92. The Bertz CT molecular complexity index is 577. The third-order valence-corrected chi connectivity index (χ3v) is 3.18. The predicted octanol–water partition coefficient (Wildman–Crippen LogP) is 2.63. The number of urea groups is 1. The van der Waals surface area contributed by atoms with Gasteiger partial charge in [0.2, 0.25) is 0 Å². The molecule has 2 unspecified atom stereocenters. The van der Waals surface area contributed by atoms with E-state index in [1.54, 1.807) is 12.2 Å². The third kappa shape index (κ3) is 3.48. The lowest BCUT2D eigenvalue weighted by Gasteiger charge is -2.13. The van der Waals surface area contributed by atoms with E-state index in [0.717, 1.165) is 6.07 Å². The Balaban J connectivity index is 1.89. The van der Waals surface area contributed by atoms with Crippen molar-refractivity contribution in [3.05, 3.63) is 41.2 Å². The van der Waals surface area contributed by atoms with Crippen molar-refractivity contribution in [2.75, 3.05) is 5.32 Å². The number of hydrogen-bond donors (Lipinski definition) is 3. The van der Waals surface area contributed by atoms with Crippen molar-refractivity contribution in [1.82, 2.24) is 5.32 Å². The second-order valence-corrected chi connectivity index (χ2v) is 4.81. The van der Waals surface area contributed by atoms with Gasteiger partial charge >= 0.3 is 12.0 Å². The molecule has 106 valence electrons. The largest absolute Gasteiger partial charge is 0.481 e. The van der Waals surface area contributed by atoms with Gasteiger partial charge in [0.1, 0.15) is 5.82 Å². The molecule has 0 bridgehead atoms. The highest BCUT2D eigenvalue weighted by Gasteiger charge is 2.25. The van der Waals surface area contributed by atoms with Gasteiger partial charge in [-0.25, -0.2) is 9.18 Å². The highest BCUT2D eigenvalue weighted by molar-refractivity contribution is 6.31. The Morgan fingerprint density at radius 3 is 2.70 bits per heavy atom. The number of halogens is 2. The smallest absolute Gasteiger partial charge is 0.319 e. The molecule has 20 heavy (non-hydrogen) atoms. The summed E-state index contributed by atoms with van der Waals surface area (Å²) in [4.78, 5) is 22.5. The lowest BCUT2D eigenvalue weighted by molar-refractivity contribution is -0.140. The van der Waals surface area contributed by atoms with Gasteiger partial charge in [-0.3, -0.25) is 4.79 Å². The first-order valence-electron chi connectivity index (χ1n) is 5.89. The number of carboxylic acids is 1. The number of carboxylic acid groups (broad SMARTS) is 1. The molecule has 3 N–H and O–H groups in total. The van der Waals surface area contributed by atoms with Crippen LogP contribution < -0.4 is 10.6 Å². The Labute approximate surface area is 119 Å². The molecule has 0 saturated heterocycles. The molecule has 1 aliphatic rings. The number of amides is 2. The third-order valence-electron chi connectivity index (χ3n) is 2.89. The molecule has 5 nitrogen and oxygen atoms in total. The summed E-state index contributed by atoms with van der Waals surface area (Å²) >= 11 is 5.60. The number of carbonyl (C=O) groups excluding carboxylic acids is 1. The summed E-state index contributed by atoms with van der Waals surface area (Å²) in [5.74, 6) is -2.07. The van der Waals surface area contributed by atoms with Crippen LogP contribution in [-0.4, -0.2) is 23.1 Å². The Kier molecular flexibility index (Phi) is 4.24. The van der Waals surface area contributed by atoms with Crippen LogP contribution in [0.25, 0.3) is 0 Å². The number of benzene rings is 1. The van der Waals surface area contributed by atoms with Crippen molar-refractivity contribution >= 4 is 29.3 Å². The van der Waals surface area contributed by atoms with Gasteiger partial charge < -0.3 is 15.7 Å². The molecular weight excluding hydrogens is 287 g/mol. The fourth-order valence-electron chi connectivity index (χ4n) is 1.90. The molecule has 2 amide bonds. The van der Waals surface area contributed by atoms with Gasteiger partial charge in [-0.2, -0.15) is 0 Å². The van der Waals surface area contributed by atoms with Gasteiger partial charge in [-0.1, -0.05) is 23.8 Å². The average molecular weight is 299 g/mol. The number of aliphatic carboxylic acids is 1. The molecule has 2 rings (SSSR count). The van der Waals surface area contributed by atoms with Crippen molar-refractivity contribution in [1.29, 1.82) is 0 Å². The van der Waals surface area contributed by atoms with Crippen LogP contribution in [0.1, 0.15) is 6.42 Å². The molecule has 0 aliphatic heterocycles. The normalized spacial score (nSPS) is 20.7. The molecule has 0 spiro atoms. The maximum absolute atomic E-state index is 13.0. The monoisotopic (exact) mass is 298 g/mol. The van der Waals surface area contributed by atoms with Crippen LogP contribution in [0.4, 0.5) is 14.9 Å². The van der Waals surface area contributed by atoms with Crippen molar-refractivity contribution < 1.29 is 19.1 Å². The summed E-state index contributed by atoms with van der Waals surface area (Å²) in [7, 11) is 0. The molecule has 0 heterocycles. The molecule has 7 heteroatoms. The average Bonchev–Trinajstić information content (AvgIpc) is 2.82. The Morgan fingerprint density at radius 2 is 2.10 bits per heavy atom. The van der Waals surface area contributed by atoms with Crippen molar-refractivity contribution in [2.24, 2.45) is 5.92 Å². The molecule has 0 fully saturated rings. The number of hydrogen-bond acceptors (Lipinski definition) is 2. The molecule has 2 atom stereocenters. The maximum Gasteiger partial charge on any atom is 0.319 e. The van der Waals surface area contributed by atoms with E-state index in [0.29, 0.717) is 12.1 Å². The van der Waals surface area contributed by atoms with Gasteiger partial charge in [0.25, 0.3) is 0 Å². The number of carbonyl (C=O) groups is 2. The van der Waals surface area contributed by atoms with Crippen LogP contribution in [-0.2, 0) is 4.79 Å². The first kappa shape index (κ1) is 14.3. The van der Waals surface area contributed by atoms with Crippen LogP contribution in [0.15, 0.2) is 30.4 Å². The lowest BCUT2D eigenvalue weighted by atomic mass is 10.1. The van der Waals surface area contributed by atoms with E-state index in [1.807, 2.05) is 0 Å². The van der Waals surface area contributed by atoms with E-state index < -0.39 is 23.7 Å². The summed E-state index contributed by atoms with van der Waals surface area (Å²) < 4.78 is 13.0. The Morgan fingerprint density at radius 1 is 1.35 bits per heavy atom. The molecule has 1 aromatic carbocycles. The van der Waals surface area contributed by atoms with Crippen molar-refractivity contribution in [3.63, 3.8) is 0 Å². The topological polar surface area (TPSA) is 78.4 Å². The van der Waals surface area contributed by atoms with Gasteiger partial charge in [0.15, 0.2) is 0 Å². The molecule has 1 aliphatic carbocycles. The molecule has 0 saturated carbocycles. The van der Waals surface area contributed by atoms with E-state index in [2.05, 4.69) is 10.6 Å². The van der Waals surface area contributed by atoms with Gasteiger partial charge in [-0.15, -0.1) is 0 Å². The van der Waals surface area contributed by atoms with E-state index >= 15 is 0 Å². The van der Waals surface area contributed by atoms with Gasteiger partial charge in [0.05, 0.1) is 17.0 Å². The number of nitrogens with one attached hydrogen (secondary N) is 2. The van der Waals surface area contributed by atoms with Crippen molar-refractivity contribution in [3.8, 4) is 0 Å². The minimum Gasteiger partial charge on any atom is -0.481 e. The number of rotatable bonds is 3. The van der Waals surface area contributed by atoms with Crippen molar-refractivity contribution in [2.45, 2.75) is 12.5 Å². The fraction of sp³-hybridized carbons (Fsp3) is 0.231. The lowest BCUT2D eigenvalue weighted by Crippen LogP contribution is -2.36. The summed E-state index contributed by atoms with van der Waals surface area (Å²) in [5.41, 5.74) is 0.352. The highest BCUT2D eigenvalue weighted by Crippen LogP contribution is 2.20. The fourth-order valence-corrected chi connectivity index (χ4v) is 2.08. The van der Waals surface area contributed by atoms with E-state index in [9.17, 15) is 14.0 Å². The first-order valence-corrected chi connectivity index (χ1v) is 6.27. The van der Waals surface area contributed by atoms with Crippen LogP contribution in [0.5, 0.6) is 0 Å². The quantitative estimate of drug-likeness (QED) is 0.751. The molecule has 0 aromatic heterocycles. The zero-order valence-corrected chi connectivity index (χ0v) is 11.0. The van der Waals surface area contributed by atoms with Gasteiger partial charge in [-0.05, 0) is 24.6 Å². The minimum absolute atomic E-state index is 0.0884. The standard InChI is InChI=1S/C13H12ClFN2O3/c14-10-6-9(3-4-11(10)15)17-13(20)16-8-2-1-7(5-8)12(18)19/h1-4,6-8H,5H2,(H,18,19)(H2,16,17,20). The van der Waals surface area contributed by atoms with E-state index in [1.165, 1.54) is 12.1 Å². The first-order chi connectivity index (χ1) is 9.45. The van der Waals surface area contributed by atoms with Crippen LogP contribution >= 0.6 is 11.6 Å². The van der Waals surface area contributed by atoms with Crippen LogP contribution in [0.2, 0.25) is 5.02 Å². The summed E-state index contributed by atoms with van der Waals surface area (Å²) in [6.07, 6.45) is 3.49. The SMILES string of the molecule is O=C(Nc1ccc(F)c(Cl)c1)NC1C=CC(C(=O)O)C1. The Hall–Kier alpha value is -2.08. The predicted molar refractivity (Wildman–Crippen MR) is 72.2 cm³/mol. The van der Waals surface area contributed by atoms with Crippen LogP contribution in [0.3, 0.4) is 0 Å². The number of anilines is 1. The van der Waals surface area contributed by atoms with Crippen LogP contribution in [0, 0.1) is 11.7 Å². The maximum atomic E-state index is 13.0. The van der Waals surface area contributed by atoms with E-state index in [4.69, 9.17) is 16.7 Å². The zero-order valence-electron chi connectivity index (χ0n) is 10.3. The zero-order chi connectivity index (χ0) is 14.7. The minimum atomic E-state index is -0.920. The second-order valence-electron chi connectivity index (χ2n) is 4.40. The highest BCUT2D eigenvalue weighted by atomic mass is 35.5. The summed E-state index contributed by atoms with van der Waals surface area (Å²) in [5, 5.41) is 13.8. The summed E-state index contributed by atoms with van der Waals surface area (Å²) in [6, 6.07) is 2.97. The summed E-state index contributed by atoms with van der Waals surface area (Å²) in [6.45, 7) is 0.